The van der Waals surface area contributed by atoms with E-state index in [1.54, 1.807) is 18.2 Å². The van der Waals surface area contributed by atoms with Crippen LogP contribution in [0.15, 0.2) is 59.1 Å². The normalized spacial score (nSPS) is 10.5. The predicted octanol–water partition coefficient (Wildman–Crippen LogP) is 4.71. The first-order valence-corrected chi connectivity index (χ1v) is 9.08. The summed E-state index contributed by atoms with van der Waals surface area (Å²) in [7, 11) is 1.32. The predicted molar refractivity (Wildman–Crippen MR) is 108 cm³/mol. The van der Waals surface area contributed by atoms with Crippen molar-refractivity contribution in [3.8, 4) is 5.75 Å². The molecule has 0 radical (unpaired) electrons. The van der Waals surface area contributed by atoms with Crippen LogP contribution in [-0.2, 0) is 9.53 Å². The molecule has 0 atom stereocenters. The van der Waals surface area contributed by atoms with E-state index in [1.807, 2.05) is 43.3 Å². The topological polar surface area (TPSA) is 64.6 Å². The lowest BCUT2D eigenvalue weighted by atomic mass is 10.1. The van der Waals surface area contributed by atoms with Crippen LogP contribution in [0, 0.1) is 6.92 Å². The van der Waals surface area contributed by atoms with Gasteiger partial charge in [-0.15, -0.1) is 0 Å². The molecule has 3 rings (SSSR count). The number of esters is 1. The van der Waals surface area contributed by atoms with Crippen LogP contribution in [0.3, 0.4) is 0 Å². The molecule has 0 aliphatic rings. The van der Waals surface area contributed by atoms with E-state index in [0.717, 1.165) is 20.8 Å². The van der Waals surface area contributed by atoms with Crippen molar-refractivity contribution in [2.45, 2.75) is 6.92 Å². The van der Waals surface area contributed by atoms with E-state index in [2.05, 4.69) is 21.2 Å². The van der Waals surface area contributed by atoms with Gasteiger partial charge in [0.05, 0.1) is 17.1 Å². The van der Waals surface area contributed by atoms with Crippen LogP contribution in [0.2, 0.25) is 0 Å². The van der Waals surface area contributed by atoms with Gasteiger partial charge in [0, 0.05) is 5.69 Å². The Labute approximate surface area is 165 Å². The summed E-state index contributed by atoms with van der Waals surface area (Å²) in [6.07, 6.45) is 0. The lowest BCUT2D eigenvalue weighted by Gasteiger charge is -2.12. The minimum atomic E-state index is -0.457. The number of hydrogen-bond acceptors (Lipinski definition) is 4. The quantitative estimate of drug-likeness (QED) is 0.598. The van der Waals surface area contributed by atoms with E-state index >= 15 is 0 Å². The van der Waals surface area contributed by atoms with Crippen LogP contribution < -0.4 is 10.1 Å². The number of ether oxygens (including phenoxy) is 2. The zero-order chi connectivity index (χ0) is 19.4. The highest BCUT2D eigenvalue weighted by molar-refractivity contribution is 9.10. The molecule has 27 heavy (non-hydrogen) atoms. The number of benzene rings is 3. The zero-order valence-electron chi connectivity index (χ0n) is 14.9. The highest BCUT2D eigenvalue weighted by Crippen LogP contribution is 2.33. The summed E-state index contributed by atoms with van der Waals surface area (Å²) in [5, 5.41) is 4.86. The first-order chi connectivity index (χ1) is 13.0. The second-order valence-corrected chi connectivity index (χ2v) is 6.75. The number of nitrogens with one attached hydrogen (secondary N) is 1. The van der Waals surface area contributed by atoms with E-state index < -0.39 is 5.97 Å². The van der Waals surface area contributed by atoms with Crippen LogP contribution in [0.25, 0.3) is 10.8 Å². The lowest BCUT2D eigenvalue weighted by Crippen LogP contribution is -2.21. The molecular formula is C21H18BrNO4. The lowest BCUT2D eigenvalue weighted by molar-refractivity contribution is -0.118. The highest BCUT2D eigenvalue weighted by Gasteiger charge is 2.12. The molecule has 1 N–H and O–H groups in total. The third-order valence-electron chi connectivity index (χ3n) is 4.12. The number of carbonyl (C=O) groups is 2. The molecule has 0 fully saturated rings. The second kappa shape index (κ2) is 8.22. The van der Waals surface area contributed by atoms with Gasteiger partial charge in [0.25, 0.3) is 5.91 Å². The molecule has 0 spiro atoms. The maximum absolute atomic E-state index is 12.3. The summed E-state index contributed by atoms with van der Waals surface area (Å²) in [5.41, 5.74) is 1.75. The fourth-order valence-electron chi connectivity index (χ4n) is 2.66. The van der Waals surface area contributed by atoms with Crippen molar-refractivity contribution in [1.29, 1.82) is 0 Å². The zero-order valence-corrected chi connectivity index (χ0v) is 16.5. The number of hydrogen-bond donors (Lipinski definition) is 1. The SMILES string of the molecule is COC(=O)c1ccc(C)c(NC(=O)COc2ccc3ccccc3c2Br)c1. The summed E-state index contributed by atoms with van der Waals surface area (Å²) < 4.78 is 11.2. The van der Waals surface area contributed by atoms with Gasteiger partial charge in [0.15, 0.2) is 6.61 Å². The first-order valence-electron chi connectivity index (χ1n) is 8.28. The standard InChI is InChI=1S/C21H18BrNO4/c1-13-7-8-15(21(25)26-2)11-17(13)23-19(24)12-27-18-10-9-14-5-3-4-6-16(14)20(18)22/h3-11H,12H2,1-2H3,(H,23,24). The summed E-state index contributed by atoms with van der Waals surface area (Å²) >= 11 is 3.54. The fraction of sp³-hybridized carbons (Fsp3) is 0.143. The maximum Gasteiger partial charge on any atom is 0.337 e. The Kier molecular flexibility index (Phi) is 5.76. The van der Waals surface area contributed by atoms with Gasteiger partial charge >= 0.3 is 5.97 Å². The molecule has 0 saturated carbocycles. The van der Waals surface area contributed by atoms with Crippen molar-refractivity contribution in [2.75, 3.05) is 19.0 Å². The molecule has 0 aliphatic heterocycles. The molecule has 3 aromatic carbocycles. The Bertz CT molecular complexity index is 1020. The molecule has 1 amide bonds. The monoisotopic (exact) mass is 427 g/mol. The Morgan fingerprint density at radius 1 is 1.07 bits per heavy atom. The summed E-state index contributed by atoms with van der Waals surface area (Å²) in [5.74, 6) is -0.189. The third kappa shape index (κ3) is 4.28. The molecule has 0 aliphatic carbocycles. The Morgan fingerprint density at radius 2 is 1.85 bits per heavy atom. The van der Waals surface area contributed by atoms with E-state index in [0.29, 0.717) is 17.0 Å². The van der Waals surface area contributed by atoms with Crippen molar-refractivity contribution in [3.05, 3.63) is 70.2 Å². The number of anilines is 1. The highest BCUT2D eigenvalue weighted by atomic mass is 79.9. The van der Waals surface area contributed by atoms with Crippen LogP contribution in [0.5, 0.6) is 5.75 Å². The minimum absolute atomic E-state index is 0.154. The summed E-state index contributed by atoms with van der Waals surface area (Å²) in [4.78, 5) is 23.9. The molecule has 3 aromatic rings. The van der Waals surface area contributed by atoms with E-state index in [-0.39, 0.29) is 12.5 Å². The smallest absolute Gasteiger partial charge is 0.337 e. The van der Waals surface area contributed by atoms with Gasteiger partial charge in [0.2, 0.25) is 0 Å². The van der Waals surface area contributed by atoms with Gasteiger partial charge in [0.1, 0.15) is 5.75 Å². The van der Waals surface area contributed by atoms with E-state index in [4.69, 9.17) is 9.47 Å². The first kappa shape index (κ1) is 18.9. The van der Waals surface area contributed by atoms with Crippen LogP contribution in [0.4, 0.5) is 5.69 Å². The number of methoxy groups -OCH3 is 1. The van der Waals surface area contributed by atoms with Crippen LogP contribution >= 0.6 is 15.9 Å². The average Bonchev–Trinajstić information content (AvgIpc) is 2.68. The summed E-state index contributed by atoms with van der Waals surface area (Å²) in [6, 6.07) is 16.7. The van der Waals surface area contributed by atoms with Gasteiger partial charge in [-0.05, 0) is 57.4 Å². The number of fused-ring (bicyclic) bond motifs is 1. The second-order valence-electron chi connectivity index (χ2n) is 5.96. The summed E-state index contributed by atoms with van der Waals surface area (Å²) in [6.45, 7) is 1.69. The van der Waals surface area contributed by atoms with Gasteiger partial charge in [-0.1, -0.05) is 36.4 Å². The molecule has 0 aromatic heterocycles. The van der Waals surface area contributed by atoms with Crippen molar-refractivity contribution in [2.24, 2.45) is 0 Å². The number of rotatable bonds is 5. The van der Waals surface area contributed by atoms with E-state index in [9.17, 15) is 9.59 Å². The van der Waals surface area contributed by atoms with Crippen molar-refractivity contribution < 1.29 is 19.1 Å². The molecule has 0 saturated heterocycles. The van der Waals surface area contributed by atoms with Gasteiger partial charge < -0.3 is 14.8 Å². The molecular weight excluding hydrogens is 410 g/mol. The van der Waals surface area contributed by atoms with E-state index in [1.165, 1.54) is 7.11 Å². The Morgan fingerprint density at radius 3 is 2.63 bits per heavy atom. The van der Waals surface area contributed by atoms with Crippen LogP contribution in [-0.4, -0.2) is 25.6 Å². The molecule has 138 valence electrons. The number of carbonyl (C=O) groups excluding carboxylic acids is 2. The number of amides is 1. The van der Waals surface area contributed by atoms with Crippen molar-refractivity contribution in [3.63, 3.8) is 0 Å². The molecule has 0 heterocycles. The van der Waals surface area contributed by atoms with Crippen molar-refractivity contribution >= 4 is 44.3 Å². The largest absolute Gasteiger partial charge is 0.483 e. The van der Waals surface area contributed by atoms with Crippen molar-refractivity contribution in [1.82, 2.24) is 0 Å². The third-order valence-corrected chi connectivity index (χ3v) is 4.94. The molecule has 0 bridgehead atoms. The van der Waals surface area contributed by atoms with Gasteiger partial charge in [-0.2, -0.15) is 0 Å². The fourth-order valence-corrected chi connectivity index (χ4v) is 3.26. The number of halogens is 1. The number of aryl methyl sites for hydroxylation is 1. The van der Waals surface area contributed by atoms with Crippen LogP contribution in [0.1, 0.15) is 15.9 Å². The Balaban J connectivity index is 1.70. The Hall–Kier alpha value is -2.86. The molecule has 0 unspecified atom stereocenters. The van der Waals surface area contributed by atoms with Gasteiger partial charge in [-0.25, -0.2) is 4.79 Å². The molecule has 5 nitrogen and oxygen atoms in total. The molecule has 6 heteroatoms. The van der Waals surface area contributed by atoms with Gasteiger partial charge in [-0.3, -0.25) is 4.79 Å². The average molecular weight is 428 g/mol. The minimum Gasteiger partial charge on any atom is -0.483 e. The maximum atomic E-state index is 12.3.